The molecule has 3 aliphatic rings. The summed E-state index contributed by atoms with van der Waals surface area (Å²) in [5.74, 6) is -1.000. The second kappa shape index (κ2) is 5.03. The van der Waals surface area contributed by atoms with Crippen molar-refractivity contribution >= 4 is 17.6 Å². The molecule has 2 fully saturated rings. The number of nitrogens with one attached hydrogen (secondary N) is 2. The molecule has 122 valence electrons. The first-order valence-electron chi connectivity index (χ1n) is 8.22. The number of ether oxygens (including phenoxy) is 1. The molecule has 0 aliphatic carbocycles. The summed E-state index contributed by atoms with van der Waals surface area (Å²) in [6.07, 6.45) is 2.27. The zero-order chi connectivity index (χ0) is 16.2. The third-order valence-electron chi connectivity index (χ3n) is 5.64. The minimum atomic E-state index is -0.851. The zero-order valence-corrected chi connectivity index (χ0v) is 13.0. The zero-order valence-electron chi connectivity index (χ0n) is 13.0. The fourth-order valence-corrected chi connectivity index (χ4v) is 4.80. The van der Waals surface area contributed by atoms with Crippen LogP contribution in [0.2, 0.25) is 0 Å². The fraction of sp³-hybridized carbons (Fsp3) is 0.529. The number of quaternary nitrogens is 1. The van der Waals surface area contributed by atoms with Gasteiger partial charge in [-0.25, -0.2) is 4.39 Å². The quantitative estimate of drug-likeness (QED) is 0.785. The van der Waals surface area contributed by atoms with Gasteiger partial charge in [0.25, 0.3) is 5.91 Å². The Bertz CT molecular complexity index is 692. The van der Waals surface area contributed by atoms with E-state index in [0.29, 0.717) is 24.3 Å². The SMILES string of the molecule is CCOC(=O)[C@H]1C[C@@]2(C(=O)Nc3ccc(F)cc32)[NH+]2CCC[C@H]12. The topological polar surface area (TPSA) is 59.8 Å². The van der Waals surface area contributed by atoms with E-state index in [1.54, 1.807) is 13.0 Å². The van der Waals surface area contributed by atoms with Crippen molar-refractivity contribution in [2.75, 3.05) is 18.5 Å². The highest BCUT2D eigenvalue weighted by atomic mass is 19.1. The van der Waals surface area contributed by atoms with Gasteiger partial charge in [-0.3, -0.25) is 9.59 Å². The van der Waals surface area contributed by atoms with Crippen molar-refractivity contribution in [1.29, 1.82) is 0 Å². The smallest absolute Gasteiger partial charge is 0.315 e. The number of carbonyl (C=O) groups excluding carboxylic acids is 2. The maximum atomic E-state index is 13.8. The summed E-state index contributed by atoms with van der Waals surface area (Å²) in [5.41, 5.74) is 0.506. The number of halogens is 1. The van der Waals surface area contributed by atoms with Crippen LogP contribution in [0.1, 0.15) is 31.7 Å². The van der Waals surface area contributed by atoms with Gasteiger partial charge in [0, 0.05) is 24.8 Å². The van der Waals surface area contributed by atoms with E-state index < -0.39 is 5.54 Å². The molecule has 1 unspecified atom stereocenters. The Kier molecular flexibility index (Phi) is 3.20. The minimum absolute atomic E-state index is 0.0778. The molecule has 6 heteroatoms. The monoisotopic (exact) mass is 319 g/mol. The fourth-order valence-electron chi connectivity index (χ4n) is 4.80. The van der Waals surface area contributed by atoms with E-state index in [9.17, 15) is 14.0 Å². The third-order valence-corrected chi connectivity index (χ3v) is 5.64. The number of benzene rings is 1. The highest BCUT2D eigenvalue weighted by Gasteiger charge is 2.67. The van der Waals surface area contributed by atoms with Gasteiger partial charge in [-0.2, -0.15) is 0 Å². The first-order chi connectivity index (χ1) is 11.1. The van der Waals surface area contributed by atoms with E-state index in [2.05, 4.69) is 5.32 Å². The number of anilines is 1. The first kappa shape index (κ1) is 14.6. The van der Waals surface area contributed by atoms with Crippen LogP contribution in [0.4, 0.5) is 10.1 Å². The van der Waals surface area contributed by atoms with Crippen LogP contribution in [-0.4, -0.2) is 31.1 Å². The van der Waals surface area contributed by atoms with Gasteiger partial charge in [0.15, 0.2) is 0 Å². The molecule has 3 aliphatic heterocycles. The van der Waals surface area contributed by atoms with Crippen molar-refractivity contribution in [1.82, 2.24) is 0 Å². The Morgan fingerprint density at radius 3 is 3.13 bits per heavy atom. The second-order valence-corrected chi connectivity index (χ2v) is 6.64. The van der Waals surface area contributed by atoms with Crippen LogP contribution < -0.4 is 10.2 Å². The Morgan fingerprint density at radius 1 is 1.52 bits per heavy atom. The molecule has 1 spiro atoms. The molecule has 3 heterocycles. The molecule has 2 saturated heterocycles. The third kappa shape index (κ3) is 1.87. The van der Waals surface area contributed by atoms with E-state index >= 15 is 0 Å². The average Bonchev–Trinajstić information content (AvgIpc) is 3.16. The number of amides is 1. The second-order valence-electron chi connectivity index (χ2n) is 6.64. The molecule has 23 heavy (non-hydrogen) atoms. The first-order valence-corrected chi connectivity index (χ1v) is 8.22. The summed E-state index contributed by atoms with van der Waals surface area (Å²) in [7, 11) is 0. The maximum Gasteiger partial charge on any atom is 0.315 e. The molecular formula is C17H20FN2O3+. The molecule has 0 bridgehead atoms. The summed E-state index contributed by atoms with van der Waals surface area (Å²) in [6.45, 7) is 2.95. The van der Waals surface area contributed by atoms with Crippen molar-refractivity contribution < 1.29 is 23.6 Å². The van der Waals surface area contributed by atoms with Crippen molar-refractivity contribution in [2.45, 2.75) is 37.8 Å². The summed E-state index contributed by atoms with van der Waals surface area (Å²) in [4.78, 5) is 26.3. The number of hydrogen-bond acceptors (Lipinski definition) is 3. The van der Waals surface area contributed by atoms with E-state index in [-0.39, 0.29) is 29.7 Å². The number of fused-ring (bicyclic) bond motifs is 4. The van der Waals surface area contributed by atoms with E-state index in [0.717, 1.165) is 24.3 Å². The summed E-state index contributed by atoms with van der Waals surface area (Å²) in [5, 5.41) is 2.88. The lowest BCUT2D eigenvalue weighted by Crippen LogP contribution is -3.19. The van der Waals surface area contributed by atoms with Gasteiger partial charge in [0.2, 0.25) is 5.54 Å². The van der Waals surface area contributed by atoms with Crippen molar-refractivity contribution in [3.05, 3.63) is 29.6 Å². The predicted octanol–water partition coefficient (Wildman–Crippen LogP) is 0.603. The Balaban J connectivity index is 1.81. The summed E-state index contributed by atoms with van der Waals surface area (Å²) < 4.78 is 19.0. The van der Waals surface area contributed by atoms with Crippen molar-refractivity contribution in [3.63, 3.8) is 0 Å². The van der Waals surface area contributed by atoms with E-state index in [1.807, 2.05) is 0 Å². The normalized spacial score (nSPS) is 34.3. The number of rotatable bonds is 2. The molecule has 5 nitrogen and oxygen atoms in total. The Hall–Kier alpha value is -1.95. The van der Waals surface area contributed by atoms with Gasteiger partial charge < -0.3 is 15.0 Å². The van der Waals surface area contributed by atoms with E-state index in [4.69, 9.17) is 4.74 Å². The van der Waals surface area contributed by atoms with Crippen LogP contribution in [-0.2, 0) is 19.9 Å². The largest absolute Gasteiger partial charge is 0.466 e. The van der Waals surface area contributed by atoms with Crippen LogP contribution >= 0.6 is 0 Å². The molecule has 1 aromatic rings. The minimum Gasteiger partial charge on any atom is -0.466 e. The Morgan fingerprint density at radius 2 is 2.35 bits per heavy atom. The molecule has 0 aromatic heterocycles. The van der Waals surface area contributed by atoms with Gasteiger partial charge >= 0.3 is 5.97 Å². The standard InChI is InChI=1S/C17H19FN2O3/c1-2-23-15(21)11-9-17(20-7-3-4-14(11)20)12-8-10(18)5-6-13(12)19-16(17)22/h5-6,8,11,14H,2-4,7,9H2,1H3,(H,19,22)/p+1/t11-,14+,17+/m0/s1. The van der Waals surface area contributed by atoms with Gasteiger partial charge in [0.05, 0.1) is 18.8 Å². The van der Waals surface area contributed by atoms with Crippen molar-refractivity contribution in [3.8, 4) is 0 Å². The molecule has 2 N–H and O–H groups in total. The predicted molar refractivity (Wildman–Crippen MR) is 80.3 cm³/mol. The van der Waals surface area contributed by atoms with Crippen LogP contribution in [0.5, 0.6) is 0 Å². The molecule has 1 amide bonds. The van der Waals surface area contributed by atoms with Crippen LogP contribution in [0, 0.1) is 11.7 Å². The molecular weight excluding hydrogens is 299 g/mol. The van der Waals surface area contributed by atoms with Crippen LogP contribution in [0.15, 0.2) is 18.2 Å². The molecule has 0 radical (unpaired) electrons. The molecule has 1 aromatic carbocycles. The lowest BCUT2D eigenvalue weighted by molar-refractivity contribution is -0.947. The molecule has 4 rings (SSSR count). The van der Waals surface area contributed by atoms with Gasteiger partial charge in [-0.15, -0.1) is 0 Å². The van der Waals surface area contributed by atoms with Gasteiger partial charge in [0.1, 0.15) is 17.8 Å². The van der Waals surface area contributed by atoms with Gasteiger partial charge in [-0.1, -0.05) is 0 Å². The van der Waals surface area contributed by atoms with Crippen molar-refractivity contribution in [2.24, 2.45) is 5.92 Å². The highest BCUT2D eigenvalue weighted by molar-refractivity contribution is 6.05. The lowest BCUT2D eigenvalue weighted by atomic mass is 9.84. The van der Waals surface area contributed by atoms with Crippen LogP contribution in [0.3, 0.4) is 0 Å². The average molecular weight is 319 g/mol. The van der Waals surface area contributed by atoms with E-state index in [1.165, 1.54) is 12.1 Å². The maximum absolute atomic E-state index is 13.8. The number of hydrogen-bond donors (Lipinski definition) is 2. The molecule has 0 saturated carbocycles. The molecule has 4 atom stereocenters. The highest BCUT2D eigenvalue weighted by Crippen LogP contribution is 2.44. The summed E-state index contributed by atoms with van der Waals surface area (Å²) in [6, 6.07) is 4.49. The lowest BCUT2D eigenvalue weighted by Gasteiger charge is -2.29. The summed E-state index contributed by atoms with van der Waals surface area (Å²) >= 11 is 0. The van der Waals surface area contributed by atoms with Crippen LogP contribution in [0.25, 0.3) is 0 Å². The Labute approximate surface area is 133 Å². The number of carbonyl (C=O) groups is 2. The van der Waals surface area contributed by atoms with Gasteiger partial charge in [-0.05, 0) is 25.1 Å². The number of esters is 1.